The van der Waals surface area contributed by atoms with E-state index in [0.29, 0.717) is 11.4 Å². The van der Waals surface area contributed by atoms with Crippen molar-refractivity contribution in [1.82, 2.24) is 9.55 Å². The first-order chi connectivity index (χ1) is 11.1. The summed E-state index contributed by atoms with van der Waals surface area (Å²) in [7, 11) is 1.97. The highest BCUT2D eigenvalue weighted by molar-refractivity contribution is 5.78. The van der Waals surface area contributed by atoms with Crippen molar-refractivity contribution in [3.63, 3.8) is 0 Å². The Hall–Kier alpha value is -1.89. The number of imidazole rings is 1. The van der Waals surface area contributed by atoms with Gasteiger partial charge in [-0.05, 0) is 18.9 Å². The average molecular weight is 315 g/mol. The molecule has 3 nitrogen and oxygen atoms in total. The summed E-state index contributed by atoms with van der Waals surface area (Å²) in [5, 5.41) is 9.02. The van der Waals surface area contributed by atoms with Gasteiger partial charge in [-0.3, -0.25) is 0 Å². The van der Waals surface area contributed by atoms with Gasteiger partial charge in [0, 0.05) is 19.0 Å². The highest BCUT2D eigenvalue weighted by atomic mass is 19.1. The van der Waals surface area contributed by atoms with Crippen molar-refractivity contribution in [3.05, 3.63) is 29.3 Å². The Morgan fingerprint density at radius 3 is 2.61 bits per heavy atom. The van der Waals surface area contributed by atoms with Crippen LogP contribution in [0.2, 0.25) is 0 Å². The Labute approximate surface area is 138 Å². The number of nitrogens with zero attached hydrogens (tertiary/aromatic N) is 3. The maximum atomic E-state index is 13.8. The van der Waals surface area contributed by atoms with Crippen LogP contribution in [0.15, 0.2) is 12.1 Å². The molecule has 0 aliphatic rings. The number of halogens is 1. The molecule has 0 amide bonds. The van der Waals surface area contributed by atoms with Crippen LogP contribution >= 0.6 is 0 Å². The Kier molecular flexibility index (Phi) is 6.15. The van der Waals surface area contributed by atoms with Gasteiger partial charge in [0.05, 0.1) is 16.6 Å². The Morgan fingerprint density at radius 2 is 1.96 bits per heavy atom. The van der Waals surface area contributed by atoms with E-state index < -0.39 is 5.82 Å². The molecule has 0 bridgehead atoms. The Balaban J connectivity index is 2.31. The van der Waals surface area contributed by atoms with Gasteiger partial charge in [-0.2, -0.15) is 5.26 Å². The molecule has 0 saturated carbocycles. The summed E-state index contributed by atoms with van der Waals surface area (Å²) >= 11 is 0. The topological polar surface area (TPSA) is 41.6 Å². The predicted octanol–water partition coefficient (Wildman–Crippen LogP) is 5.44. The van der Waals surface area contributed by atoms with Gasteiger partial charge in [0.25, 0.3) is 0 Å². The molecule has 0 fully saturated rings. The van der Waals surface area contributed by atoms with Crippen LogP contribution in [0.5, 0.6) is 0 Å². The van der Waals surface area contributed by atoms with E-state index in [1.165, 1.54) is 31.7 Å². The summed E-state index contributed by atoms with van der Waals surface area (Å²) in [5.41, 5.74) is 1.57. The van der Waals surface area contributed by atoms with Crippen LogP contribution in [0.25, 0.3) is 11.0 Å². The van der Waals surface area contributed by atoms with Crippen molar-refractivity contribution in [2.45, 2.75) is 64.7 Å². The molecule has 1 heterocycles. The van der Waals surface area contributed by atoms with Crippen molar-refractivity contribution in [2.75, 3.05) is 0 Å². The molecule has 124 valence electrons. The summed E-state index contributed by atoms with van der Waals surface area (Å²) in [6.07, 6.45) is 8.31. The molecular weight excluding hydrogens is 289 g/mol. The van der Waals surface area contributed by atoms with Crippen molar-refractivity contribution in [2.24, 2.45) is 7.05 Å². The summed E-state index contributed by atoms with van der Waals surface area (Å²) in [6, 6.07) is 4.91. The molecular formula is C19H26FN3. The van der Waals surface area contributed by atoms with Crippen LogP contribution in [0.1, 0.15) is 76.1 Å². The first-order valence-electron chi connectivity index (χ1n) is 8.68. The number of rotatable bonds is 8. The van der Waals surface area contributed by atoms with E-state index in [4.69, 9.17) is 5.26 Å². The smallest absolute Gasteiger partial charge is 0.143 e. The SMILES string of the molecule is CCCCCCC(CCC)c1nc2cc(F)c(C#N)cc2n1C. The van der Waals surface area contributed by atoms with Crippen LogP contribution in [0.3, 0.4) is 0 Å². The fourth-order valence-electron chi connectivity index (χ4n) is 3.25. The highest BCUT2D eigenvalue weighted by Gasteiger charge is 2.19. The van der Waals surface area contributed by atoms with E-state index in [-0.39, 0.29) is 5.56 Å². The molecule has 0 saturated heterocycles. The molecule has 23 heavy (non-hydrogen) atoms. The van der Waals surface area contributed by atoms with E-state index in [1.54, 1.807) is 6.07 Å². The zero-order valence-electron chi connectivity index (χ0n) is 14.4. The summed E-state index contributed by atoms with van der Waals surface area (Å²) in [4.78, 5) is 4.68. The third-order valence-electron chi connectivity index (χ3n) is 4.53. The molecule has 4 heteroatoms. The minimum atomic E-state index is -0.486. The van der Waals surface area contributed by atoms with Gasteiger partial charge < -0.3 is 4.57 Å². The van der Waals surface area contributed by atoms with Gasteiger partial charge >= 0.3 is 0 Å². The van der Waals surface area contributed by atoms with Gasteiger partial charge in [-0.1, -0.05) is 46.0 Å². The first-order valence-corrected chi connectivity index (χ1v) is 8.68. The molecule has 1 aromatic carbocycles. The second kappa shape index (κ2) is 8.10. The normalized spacial score (nSPS) is 12.5. The number of benzene rings is 1. The van der Waals surface area contributed by atoms with E-state index in [2.05, 4.69) is 18.8 Å². The largest absolute Gasteiger partial charge is 0.331 e. The van der Waals surface area contributed by atoms with Crippen LogP contribution in [-0.4, -0.2) is 9.55 Å². The number of hydrogen-bond acceptors (Lipinski definition) is 2. The van der Waals surface area contributed by atoms with Crippen molar-refractivity contribution >= 4 is 11.0 Å². The Morgan fingerprint density at radius 1 is 1.17 bits per heavy atom. The maximum absolute atomic E-state index is 13.8. The van der Waals surface area contributed by atoms with Gasteiger partial charge in [0.2, 0.25) is 0 Å². The van der Waals surface area contributed by atoms with E-state index in [0.717, 1.165) is 30.6 Å². The number of hydrogen-bond donors (Lipinski definition) is 0. The monoisotopic (exact) mass is 315 g/mol. The third kappa shape index (κ3) is 3.90. The number of aryl methyl sites for hydroxylation is 1. The fraction of sp³-hybridized carbons (Fsp3) is 0.579. The molecule has 0 N–H and O–H groups in total. The predicted molar refractivity (Wildman–Crippen MR) is 91.8 cm³/mol. The lowest BCUT2D eigenvalue weighted by molar-refractivity contribution is 0.493. The molecule has 2 aromatic rings. The third-order valence-corrected chi connectivity index (χ3v) is 4.53. The molecule has 0 radical (unpaired) electrons. The second-order valence-electron chi connectivity index (χ2n) is 6.30. The van der Waals surface area contributed by atoms with Gasteiger partial charge in [0.1, 0.15) is 17.7 Å². The standard InChI is InChI=1S/C19H26FN3/c1-4-6-7-8-10-14(9-5-2)19-22-17-12-16(20)15(13-21)11-18(17)23(19)3/h11-12,14H,4-10H2,1-3H3. The van der Waals surface area contributed by atoms with Crippen LogP contribution < -0.4 is 0 Å². The quantitative estimate of drug-likeness (QED) is 0.609. The van der Waals surface area contributed by atoms with Crippen molar-refractivity contribution in [3.8, 4) is 6.07 Å². The second-order valence-corrected chi connectivity index (χ2v) is 6.30. The zero-order valence-corrected chi connectivity index (χ0v) is 14.4. The summed E-state index contributed by atoms with van der Waals surface area (Å²) in [5.74, 6) is 0.940. The minimum absolute atomic E-state index is 0.0852. The molecule has 1 aromatic heterocycles. The van der Waals surface area contributed by atoms with Crippen molar-refractivity contribution < 1.29 is 4.39 Å². The minimum Gasteiger partial charge on any atom is -0.331 e. The summed E-state index contributed by atoms with van der Waals surface area (Å²) < 4.78 is 15.9. The van der Waals surface area contributed by atoms with Gasteiger partial charge in [0.15, 0.2) is 0 Å². The first kappa shape index (κ1) is 17.5. The van der Waals surface area contributed by atoms with E-state index in [9.17, 15) is 4.39 Å². The molecule has 1 atom stereocenters. The molecule has 0 aliphatic heterocycles. The summed E-state index contributed by atoms with van der Waals surface area (Å²) in [6.45, 7) is 4.41. The molecule has 1 unspecified atom stereocenters. The van der Waals surface area contributed by atoms with Crippen molar-refractivity contribution in [1.29, 1.82) is 5.26 Å². The lowest BCUT2D eigenvalue weighted by Gasteiger charge is -2.16. The highest BCUT2D eigenvalue weighted by Crippen LogP contribution is 2.30. The lowest BCUT2D eigenvalue weighted by atomic mass is 9.95. The zero-order chi connectivity index (χ0) is 16.8. The average Bonchev–Trinajstić information content (AvgIpc) is 2.85. The number of aromatic nitrogens is 2. The number of unbranched alkanes of at least 4 members (excludes halogenated alkanes) is 3. The number of nitriles is 1. The van der Waals surface area contributed by atoms with Crippen LogP contribution in [0, 0.1) is 17.1 Å². The van der Waals surface area contributed by atoms with Gasteiger partial charge in [-0.15, -0.1) is 0 Å². The number of fused-ring (bicyclic) bond motifs is 1. The lowest BCUT2D eigenvalue weighted by Crippen LogP contribution is -2.06. The Bertz CT molecular complexity index is 697. The molecule has 0 spiro atoms. The molecule has 0 aliphatic carbocycles. The van der Waals surface area contributed by atoms with Crippen LogP contribution in [0.4, 0.5) is 4.39 Å². The van der Waals surface area contributed by atoms with Gasteiger partial charge in [-0.25, -0.2) is 9.37 Å². The van der Waals surface area contributed by atoms with E-state index in [1.807, 2.05) is 17.7 Å². The van der Waals surface area contributed by atoms with E-state index >= 15 is 0 Å². The fourth-order valence-corrected chi connectivity index (χ4v) is 3.25. The maximum Gasteiger partial charge on any atom is 0.143 e. The van der Waals surface area contributed by atoms with Crippen LogP contribution in [-0.2, 0) is 7.05 Å². The molecule has 2 rings (SSSR count).